The Labute approximate surface area is 133 Å². The Morgan fingerprint density at radius 1 is 1.29 bits per heavy atom. The first kappa shape index (κ1) is 18.2. The second-order valence-corrected chi connectivity index (χ2v) is 7.03. The first-order chi connectivity index (χ1) is 9.45. The van der Waals surface area contributed by atoms with Crippen molar-refractivity contribution in [1.29, 1.82) is 0 Å². The highest BCUT2D eigenvalue weighted by Gasteiger charge is 2.33. The first-order valence-corrected chi connectivity index (χ1v) is 8.37. The highest BCUT2D eigenvalue weighted by atomic mass is 35.5. The number of nitrogens with zero attached hydrogens (tertiary/aromatic N) is 1. The van der Waals surface area contributed by atoms with E-state index in [9.17, 15) is 8.42 Å². The van der Waals surface area contributed by atoms with Crippen molar-refractivity contribution in [1.82, 2.24) is 9.62 Å². The van der Waals surface area contributed by atoms with Gasteiger partial charge in [-0.3, -0.25) is 0 Å². The Morgan fingerprint density at radius 3 is 2.48 bits per heavy atom. The Kier molecular flexibility index (Phi) is 6.46. The predicted molar refractivity (Wildman–Crippen MR) is 85.7 cm³/mol. The van der Waals surface area contributed by atoms with E-state index in [2.05, 4.69) is 5.32 Å². The summed E-state index contributed by atoms with van der Waals surface area (Å²) in [7, 11) is -3.44. The summed E-state index contributed by atoms with van der Waals surface area (Å²) < 4.78 is 32.3. The van der Waals surface area contributed by atoms with Gasteiger partial charge in [0.25, 0.3) is 0 Å². The lowest BCUT2D eigenvalue weighted by atomic mass is 10.2. The van der Waals surface area contributed by atoms with Crippen LogP contribution in [0.5, 0.6) is 5.75 Å². The maximum atomic E-state index is 12.7. The molecule has 0 spiro atoms. The van der Waals surface area contributed by atoms with Gasteiger partial charge in [0.05, 0.1) is 11.5 Å². The molecule has 1 aromatic rings. The molecule has 1 heterocycles. The molecule has 1 saturated heterocycles. The van der Waals surface area contributed by atoms with E-state index in [1.165, 1.54) is 0 Å². The molecule has 7 heteroatoms. The van der Waals surface area contributed by atoms with Crippen LogP contribution in [0.15, 0.2) is 29.2 Å². The summed E-state index contributed by atoms with van der Waals surface area (Å²) >= 11 is 0. The highest BCUT2D eigenvalue weighted by Crippen LogP contribution is 2.22. The molecule has 2 unspecified atom stereocenters. The Morgan fingerprint density at radius 2 is 1.90 bits per heavy atom. The average molecular weight is 335 g/mol. The number of nitrogens with one attached hydrogen (secondary N) is 1. The molecule has 2 atom stereocenters. The van der Waals surface area contributed by atoms with Crippen molar-refractivity contribution in [2.75, 3.05) is 19.7 Å². The highest BCUT2D eigenvalue weighted by molar-refractivity contribution is 7.89. The van der Waals surface area contributed by atoms with Crippen molar-refractivity contribution in [3.63, 3.8) is 0 Å². The van der Waals surface area contributed by atoms with E-state index in [1.54, 1.807) is 28.6 Å². The van der Waals surface area contributed by atoms with Crippen molar-refractivity contribution in [3.05, 3.63) is 24.3 Å². The van der Waals surface area contributed by atoms with Crippen molar-refractivity contribution >= 4 is 22.4 Å². The van der Waals surface area contributed by atoms with Gasteiger partial charge in [-0.25, -0.2) is 8.42 Å². The standard InChI is InChI=1S/C14H22N2O3S.ClH/c1-4-19-13-5-7-14(8-6-13)20(17,18)16-10-11(2)15-9-12(16)3;/h5-8,11-12,15H,4,9-10H2,1-3H3;1H. The summed E-state index contributed by atoms with van der Waals surface area (Å²) in [6.45, 7) is 7.55. The maximum absolute atomic E-state index is 12.7. The van der Waals surface area contributed by atoms with Gasteiger partial charge in [-0.2, -0.15) is 4.31 Å². The third kappa shape index (κ3) is 4.10. The zero-order chi connectivity index (χ0) is 14.8. The summed E-state index contributed by atoms with van der Waals surface area (Å²) in [5, 5.41) is 3.29. The molecule has 2 rings (SSSR count). The van der Waals surface area contributed by atoms with E-state index in [0.717, 1.165) is 0 Å². The molecule has 1 N–H and O–H groups in total. The van der Waals surface area contributed by atoms with Crippen LogP contribution in [0.3, 0.4) is 0 Å². The van der Waals surface area contributed by atoms with Crippen LogP contribution in [-0.2, 0) is 10.0 Å². The van der Waals surface area contributed by atoms with Gasteiger partial charge in [0.15, 0.2) is 0 Å². The summed E-state index contributed by atoms with van der Waals surface area (Å²) in [5.41, 5.74) is 0. The van der Waals surface area contributed by atoms with E-state index in [0.29, 0.717) is 30.3 Å². The van der Waals surface area contributed by atoms with Crippen LogP contribution in [0.1, 0.15) is 20.8 Å². The van der Waals surface area contributed by atoms with Crippen LogP contribution in [0.2, 0.25) is 0 Å². The van der Waals surface area contributed by atoms with Gasteiger partial charge in [-0.15, -0.1) is 12.4 Å². The fourth-order valence-electron chi connectivity index (χ4n) is 2.33. The molecule has 0 aromatic heterocycles. The molecular weight excluding hydrogens is 312 g/mol. The third-order valence-electron chi connectivity index (χ3n) is 3.45. The molecule has 5 nitrogen and oxygen atoms in total. The van der Waals surface area contributed by atoms with E-state index in [-0.39, 0.29) is 24.5 Å². The molecule has 1 fully saturated rings. The number of hydrogen-bond acceptors (Lipinski definition) is 4. The summed E-state index contributed by atoms with van der Waals surface area (Å²) in [5.74, 6) is 0.688. The minimum absolute atomic E-state index is 0. The number of piperazine rings is 1. The van der Waals surface area contributed by atoms with Gasteiger partial charge < -0.3 is 10.1 Å². The lowest BCUT2D eigenvalue weighted by molar-refractivity contribution is 0.244. The lowest BCUT2D eigenvalue weighted by Crippen LogP contribution is -2.56. The molecule has 1 aromatic carbocycles. The molecule has 0 aliphatic carbocycles. The Hall–Kier alpha value is -0.820. The lowest BCUT2D eigenvalue weighted by Gasteiger charge is -2.36. The number of hydrogen-bond donors (Lipinski definition) is 1. The van der Waals surface area contributed by atoms with Gasteiger partial charge in [0, 0.05) is 25.2 Å². The average Bonchev–Trinajstić information content (AvgIpc) is 2.42. The first-order valence-electron chi connectivity index (χ1n) is 6.93. The minimum atomic E-state index is -3.44. The Balaban J connectivity index is 0.00000220. The van der Waals surface area contributed by atoms with E-state index >= 15 is 0 Å². The Bertz CT molecular complexity index is 548. The molecule has 0 amide bonds. The van der Waals surface area contributed by atoms with E-state index in [1.807, 2.05) is 20.8 Å². The fraction of sp³-hybridized carbons (Fsp3) is 0.571. The van der Waals surface area contributed by atoms with Gasteiger partial charge in [0.1, 0.15) is 5.75 Å². The summed E-state index contributed by atoms with van der Waals surface area (Å²) in [4.78, 5) is 0.321. The SMILES string of the molecule is CCOc1ccc(S(=O)(=O)N2CC(C)NCC2C)cc1.Cl. The van der Waals surface area contributed by atoms with Crippen LogP contribution in [0.4, 0.5) is 0 Å². The van der Waals surface area contributed by atoms with Gasteiger partial charge >= 0.3 is 0 Å². The zero-order valence-corrected chi connectivity index (χ0v) is 14.2. The normalized spacial score (nSPS) is 23.4. The topological polar surface area (TPSA) is 58.6 Å². The predicted octanol–water partition coefficient (Wildman–Crippen LogP) is 1.88. The van der Waals surface area contributed by atoms with Crippen molar-refractivity contribution < 1.29 is 13.2 Å². The number of ether oxygens (including phenoxy) is 1. The monoisotopic (exact) mass is 334 g/mol. The second-order valence-electron chi connectivity index (χ2n) is 5.14. The quantitative estimate of drug-likeness (QED) is 0.913. The molecule has 0 bridgehead atoms. The van der Waals surface area contributed by atoms with Crippen LogP contribution in [0, 0.1) is 0 Å². The van der Waals surface area contributed by atoms with Crippen LogP contribution in [0.25, 0.3) is 0 Å². The van der Waals surface area contributed by atoms with Crippen molar-refractivity contribution in [2.24, 2.45) is 0 Å². The molecule has 1 aliphatic rings. The van der Waals surface area contributed by atoms with Crippen LogP contribution >= 0.6 is 12.4 Å². The number of benzene rings is 1. The molecule has 21 heavy (non-hydrogen) atoms. The number of rotatable bonds is 4. The van der Waals surface area contributed by atoms with Gasteiger partial charge in [-0.1, -0.05) is 0 Å². The van der Waals surface area contributed by atoms with Crippen molar-refractivity contribution in [2.45, 2.75) is 37.8 Å². The zero-order valence-electron chi connectivity index (χ0n) is 12.6. The minimum Gasteiger partial charge on any atom is -0.494 e. The largest absolute Gasteiger partial charge is 0.494 e. The van der Waals surface area contributed by atoms with E-state index in [4.69, 9.17) is 4.74 Å². The number of halogens is 1. The molecule has 120 valence electrons. The van der Waals surface area contributed by atoms with Crippen LogP contribution < -0.4 is 10.1 Å². The molecule has 1 aliphatic heterocycles. The number of sulfonamides is 1. The molecule has 0 saturated carbocycles. The van der Waals surface area contributed by atoms with Gasteiger partial charge in [-0.05, 0) is 45.0 Å². The van der Waals surface area contributed by atoms with Gasteiger partial charge in [0.2, 0.25) is 10.0 Å². The summed E-state index contributed by atoms with van der Waals surface area (Å²) in [6.07, 6.45) is 0. The smallest absolute Gasteiger partial charge is 0.243 e. The second kappa shape index (κ2) is 7.45. The maximum Gasteiger partial charge on any atom is 0.243 e. The fourth-order valence-corrected chi connectivity index (χ4v) is 4.05. The molecular formula is C14H23ClN2O3S. The third-order valence-corrected chi connectivity index (χ3v) is 5.44. The van der Waals surface area contributed by atoms with E-state index < -0.39 is 10.0 Å². The van der Waals surface area contributed by atoms with Crippen molar-refractivity contribution in [3.8, 4) is 5.75 Å². The summed E-state index contributed by atoms with van der Waals surface area (Å²) in [6, 6.07) is 6.75. The molecule has 0 radical (unpaired) electrons. The van der Waals surface area contributed by atoms with Crippen LogP contribution in [-0.4, -0.2) is 44.5 Å².